The van der Waals surface area contributed by atoms with Crippen LogP contribution in [0.25, 0.3) is 11.1 Å². The number of ether oxygens (including phenoxy) is 2. The van der Waals surface area contributed by atoms with E-state index in [9.17, 15) is 0 Å². The van der Waals surface area contributed by atoms with Crippen LogP contribution in [0.2, 0.25) is 0 Å². The minimum absolute atomic E-state index is 0.130. The van der Waals surface area contributed by atoms with Gasteiger partial charge in [-0.3, -0.25) is 0 Å². The minimum Gasteiger partial charge on any atom is -0.453 e. The summed E-state index contributed by atoms with van der Waals surface area (Å²) in [7, 11) is 0. The Balaban J connectivity index is 1.16. The quantitative estimate of drug-likeness (QED) is 0.211. The second-order valence-electron chi connectivity index (χ2n) is 11.8. The first-order valence-electron chi connectivity index (χ1n) is 14.7. The monoisotopic (exact) mass is 556 g/mol. The fourth-order valence-electron chi connectivity index (χ4n) is 6.92. The summed E-state index contributed by atoms with van der Waals surface area (Å²) in [5, 5.41) is 0. The summed E-state index contributed by atoms with van der Waals surface area (Å²) in [4.78, 5) is 4.64. The normalized spacial score (nSPS) is 14.7. The van der Waals surface area contributed by atoms with Crippen LogP contribution in [-0.4, -0.2) is 0 Å². The highest BCUT2D eigenvalue weighted by Gasteiger charge is 2.41. The SMILES string of the molecule is CC1(C)c2ccccc2N2c3ccc(-c4ccc5c(c4)Oc4ccccc4N5c4ccccc4)cc3Oc3cccc1c32. The van der Waals surface area contributed by atoms with E-state index in [4.69, 9.17) is 9.47 Å². The van der Waals surface area contributed by atoms with Crippen molar-refractivity contribution in [3.05, 3.63) is 145 Å². The molecule has 0 aromatic heterocycles. The van der Waals surface area contributed by atoms with Gasteiger partial charge in [-0.2, -0.15) is 0 Å². The Morgan fingerprint density at radius 3 is 1.77 bits per heavy atom. The molecule has 0 atom stereocenters. The molecule has 6 aromatic carbocycles. The van der Waals surface area contributed by atoms with Gasteiger partial charge >= 0.3 is 0 Å². The number of para-hydroxylation sites is 5. The Kier molecular flexibility index (Phi) is 4.92. The molecule has 6 aromatic rings. The first kappa shape index (κ1) is 24.2. The molecular formula is C39H28N2O2. The molecule has 4 heteroatoms. The van der Waals surface area contributed by atoms with Crippen molar-refractivity contribution < 1.29 is 9.47 Å². The van der Waals surface area contributed by atoms with E-state index in [0.29, 0.717) is 0 Å². The summed E-state index contributed by atoms with van der Waals surface area (Å²) < 4.78 is 13.1. The topological polar surface area (TPSA) is 24.9 Å². The molecule has 206 valence electrons. The van der Waals surface area contributed by atoms with Crippen molar-refractivity contribution in [3.63, 3.8) is 0 Å². The maximum atomic E-state index is 6.65. The van der Waals surface area contributed by atoms with E-state index in [0.717, 1.165) is 62.6 Å². The van der Waals surface area contributed by atoms with Gasteiger partial charge in [-0.25, -0.2) is 0 Å². The minimum atomic E-state index is -0.130. The van der Waals surface area contributed by atoms with Gasteiger partial charge in [0.15, 0.2) is 23.0 Å². The van der Waals surface area contributed by atoms with E-state index in [1.807, 2.05) is 24.3 Å². The highest BCUT2D eigenvalue weighted by Crippen LogP contribution is 2.60. The lowest BCUT2D eigenvalue weighted by molar-refractivity contribution is 0.471. The van der Waals surface area contributed by atoms with Gasteiger partial charge in [-0.15, -0.1) is 0 Å². The molecule has 0 radical (unpaired) electrons. The Labute approximate surface area is 251 Å². The second kappa shape index (κ2) is 8.76. The first-order chi connectivity index (χ1) is 21.1. The third-order valence-electron chi connectivity index (χ3n) is 9.01. The molecule has 3 heterocycles. The molecule has 0 unspecified atom stereocenters. The van der Waals surface area contributed by atoms with Crippen molar-refractivity contribution in [1.82, 2.24) is 0 Å². The predicted octanol–water partition coefficient (Wildman–Crippen LogP) is 11.1. The van der Waals surface area contributed by atoms with Gasteiger partial charge in [-0.05, 0) is 82.9 Å². The molecule has 0 saturated heterocycles. The number of rotatable bonds is 2. The number of anilines is 6. The molecule has 0 fully saturated rings. The van der Waals surface area contributed by atoms with Gasteiger partial charge in [0.2, 0.25) is 0 Å². The molecule has 3 aliphatic rings. The van der Waals surface area contributed by atoms with Crippen LogP contribution >= 0.6 is 0 Å². The van der Waals surface area contributed by atoms with Crippen molar-refractivity contribution in [2.45, 2.75) is 19.3 Å². The Morgan fingerprint density at radius 2 is 1.00 bits per heavy atom. The summed E-state index contributed by atoms with van der Waals surface area (Å²) >= 11 is 0. The van der Waals surface area contributed by atoms with Gasteiger partial charge in [0.25, 0.3) is 0 Å². The Hall–Kier alpha value is -5.48. The fourth-order valence-corrected chi connectivity index (χ4v) is 6.92. The second-order valence-corrected chi connectivity index (χ2v) is 11.8. The van der Waals surface area contributed by atoms with Crippen molar-refractivity contribution in [2.24, 2.45) is 0 Å². The Bertz CT molecular complexity index is 2080. The van der Waals surface area contributed by atoms with Crippen LogP contribution < -0.4 is 19.3 Å². The van der Waals surface area contributed by atoms with E-state index in [-0.39, 0.29) is 5.41 Å². The number of benzene rings is 6. The van der Waals surface area contributed by atoms with Crippen molar-refractivity contribution in [2.75, 3.05) is 9.80 Å². The molecular weight excluding hydrogens is 528 g/mol. The number of fused-ring (bicyclic) bond motifs is 6. The molecule has 4 nitrogen and oxygen atoms in total. The summed E-state index contributed by atoms with van der Waals surface area (Å²) in [5.74, 6) is 3.38. The predicted molar refractivity (Wildman–Crippen MR) is 174 cm³/mol. The van der Waals surface area contributed by atoms with Gasteiger partial charge in [0.1, 0.15) is 0 Å². The Morgan fingerprint density at radius 1 is 0.442 bits per heavy atom. The third kappa shape index (κ3) is 3.44. The van der Waals surface area contributed by atoms with E-state index in [2.05, 4.69) is 133 Å². The van der Waals surface area contributed by atoms with Crippen LogP contribution in [0.4, 0.5) is 34.1 Å². The average molecular weight is 557 g/mol. The standard InChI is InChI=1S/C39H28N2O2/c1-39(2)28-13-6-7-15-30(28)41-33-22-20-26(24-37(33)43-35-18-10-14-29(39)38(35)41)25-19-21-32-36(23-25)42-34-17-9-8-16-31(34)40(32)27-11-4-3-5-12-27/h3-24H,1-2H3. The van der Waals surface area contributed by atoms with E-state index >= 15 is 0 Å². The third-order valence-corrected chi connectivity index (χ3v) is 9.01. The molecule has 0 saturated carbocycles. The zero-order chi connectivity index (χ0) is 28.7. The largest absolute Gasteiger partial charge is 0.453 e. The van der Waals surface area contributed by atoms with Gasteiger partial charge in [0, 0.05) is 11.1 Å². The van der Waals surface area contributed by atoms with Crippen LogP contribution in [0.5, 0.6) is 23.0 Å². The number of hydrogen-bond acceptors (Lipinski definition) is 4. The summed E-state index contributed by atoms with van der Waals surface area (Å²) in [6, 6.07) is 46.7. The molecule has 0 amide bonds. The highest BCUT2D eigenvalue weighted by atomic mass is 16.5. The lowest BCUT2D eigenvalue weighted by Crippen LogP contribution is -2.32. The molecule has 43 heavy (non-hydrogen) atoms. The van der Waals surface area contributed by atoms with Crippen LogP contribution in [0.3, 0.4) is 0 Å². The van der Waals surface area contributed by atoms with Gasteiger partial charge < -0.3 is 19.3 Å². The molecule has 0 aliphatic carbocycles. The van der Waals surface area contributed by atoms with Crippen molar-refractivity contribution in [1.29, 1.82) is 0 Å². The van der Waals surface area contributed by atoms with Crippen LogP contribution in [0.15, 0.2) is 133 Å². The summed E-state index contributed by atoms with van der Waals surface area (Å²) in [6.45, 7) is 4.60. The zero-order valence-electron chi connectivity index (χ0n) is 23.9. The smallest absolute Gasteiger partial charge is 0.152 e. The summed E-state index contributed by atoms with van der Waals surface area (Å²) in [6.07, 6.45) is 0. The van der Waals surface area contributed by atoms with Crippen LogP contribution in [-0.2, 0) is 5.41 Å². The van der Waals surface area contributed by atoms with Gasteiger partial charge in [0.05, 0.1) is 28.4 Å². The molecule has 3 aliphatic heterocycles. The average Bonchev–Trinajstić information content (AvgIpc) is 3.05. The van der Waals surface area contributed by atoms with Crippen LogP contribution in [0.1, 0.15) is 25.0 Å². The van der Waals surface area contributed by atoms with Gasteiger partial charge in [-0.1, -0.05) is 86.6 Å². The van der Waals surface area contributed by atoms with Crippen molar-refractivity contribution in [3.8, 4) is 34.1 Å². The van der Waals surface area contributed by atoms with E-state index in [1.165, 1.54) is 16.8 Å². The molecule has 0 bridgehead atoms. The molecule has 9 rings (SSSR count). The maximum absolute atomic E-state index is 6.65. The highest BCUT2D eigenvalue weighted by molar-refractivity contribution is 5.94. The van der Waals surface area contributed by atoms with Crippen molar-refractivity contribution >= 4 is 34.1 Å². The summed E-state index contributed by atoms with van der Waals surface area (Å²) in [5.41, 5.74) is 11.1. The lowest BCUT2D eigenvalue weighted by atomic mass is 9.73. The fraction of sp³-hybridized carbons (Fsp3) is 0.0769. The first-order valence-corrected chi connectivity index (χ1v) is 14.7. The zero-order valence-corrected chi connectivity index (χ0v) is 23.9. The molecule has 0 spiro atoms. The lowest BCUT2D eigenvalue weighted by Gasteiger charge is -2.44. The van der Waals surface area contributed by atoms with E-state index < -0.39 is 0 Å². The number of hydrogen-bond donors (Lipinski definition) is 0. The molecule has 0 N–H and O–H groups in total. The maximum Gasteiger partial charge on any atom is 0.152 e. The number of nitrogens with zero attached hydrogens (tertiary/aromatic N) is 2. The van der Waals surface area contributed by atoms with Crippen LogP contribution in [0, 0.1) is 0 Å². The van der Waals surface area contributed by atoms with E-state index in [1.54, 1.807) is 0 Å².